The molecule has 0 fully saturated rings. The Labute approximate surface area is 126 Å². The minimum atomic E-state index is -4.53. The summed E-state index contributed by atoms with van der Waals surface area (Å²) in [5, 5.41) is 2.39. The molecule has 2 atom stereocenters. The van der Waals surface area contributed by atoms with Crippen LogP contribution < -0.4 is 5.32 Å². The molecule has 2 unspecified atom stereocenters. The SMILES string of the molecule is C=C/N=C(\NC(C)C(C)O[Si](C)(C)C(C)(C)C)C(F)(F)F. The van der Waals surface area contributed by atoms with Gasteiger partial charge < -0.3 is 9.74 Å². The smallest absolute Gasteiger partial charge is 0.412 e. The molecule has 0 aliphatic heterocycles. The summed E-state index contributed by atoms with van der Waals surface area (Å²) < 4.78 is 44.4. The van der Waals surface area contributed by atoms with E-state index in [2.05, 4.69) is 50.8 Å². The molecule has 0 spiro atoms. The Morgan fingerprint density at radius 1 is 1.24 bits per heavy atom. The number of aliphatic imine (C=N–C) groups is 1. The minimum Gasteiger partial charge on any atom is -0.412 e. The average molecular weight is 324 g/mol. The van der Waals surface area contributed by atoms with Crippen molar-refractivity contribution in [3.63, 3.8) is 0 Å². The minimum absolute atomic E-state index is 0.00302. The number of alkyl halides is 3. The predicted octanol–water partition coefficient (Wildman–Crippen LogP) is 4.48. The molecule has 1 N–H and O–H groups in total. The van der Waals surface area contributed by atoms with E-state index in [0.717, 1.165) is 6.20 Å². The fraction of sp³-hybridized carbons (Fsp3) is 0.786. The van der Waals surface area contributed by atoms with Crippen molar-refractivity contribution < 1.29 is 17.6 Å². The van der Waals surface area contributed by atoms with Crippen LogP contribution in [-0.2, 0) is 4.43 Å². The van der Waals surface area contributed by atoms with E-state index in [1.165, 1.54) is 0 Å². The van der Waals surface area contributed by atoms with Gasteiger partial charge in [-0.2, -0.15) is 13.2 Å². The molecular weight excluding hydrogens is 297 g/mol. The third-order valence-corrected chi connectivity index (χ3v) is 8.42. The van der Waals surface area contributed by atoms with Crippen LogP contribution in [0.25, 0.3) is 0 Å². The number of nitrogens with one attached hydrogen (secondary N) is 1. The summed E-state index contributed by atoms with van der Waals surface area (Å²) in [6, 6.07) is -0.514. The molecular formula is C14H27F3N2OSi. The molecule has 7 heteroatoms. The molecule has 0 heterocycles. The summed E-state index contributed by atoms with van der Waals surface area (Å²) in [5.41, 5.74) is 0. The Kier molecular flexibility index (Phi) is 6.69. The molecule has 0 aromatic rings. The number of hydrogen-bond acceptors (Lipinski definition) is 2. The highest BCUT2D eigenvalue weighted by atomic mass is 28.4. The van der Waals surface area contributed by atoms with E-state index in [-0.39, 0.29) is 11.1 Å². The zero-order valence-electron chi connectivity index (χ0n) is 13.9. The molecule has 0 aromatic carbocycles. The van der Waals surface area contributed by atoms with Gasteiger partial charge >= 0.3 is 6.18 Å². The highest BCUT2D eigenvalue weighted by Crippen LogP contribution is 2.37. The lowest BCUT2D eigenvalue weighted by Crippen LogP contribution is -2.51. The van der Waals surface area contributed by atoms with Crippen LogP contribution in [0.15, 0.2) is 17.8 Å². The fourth-order valence-corrected chi connectivity index (χ4v) is 2.85. The number of amidine groups is 1. The maximum Gasteiger partial charge on any atom is 0.449 e. The van der Waals surface area contributed by atoms with Gasteiger partial charge in [0, 0.05) is 12.2 Å². The van der Waals surface area contributed by atoms with Gasteiger partial charge in [0.2, 0.25) is 5.84 Å². The van der Waals surface area contributed by atoms with Crippen LogP contribution in [-0.4, -0.2) is 32.5 Å². The molecule has 0 aromatic heterocycles. The van der Waals surface area contributed by atoms with Gasteiger partial charge in [0.15, 0.2) is 8.32 Å². The maximum atomic E-state index is 12.8. The number of hydrogen-bond donors (Lipinski definition) is 1. The highest BCUT2D eigenvalue weighted by molar-refractivity contribution is 6.74. The third-order valence-electron chi connectivity index (χ3n) is 3.84. The van der Waals surface area contributed by atoms with Gasteiger partial charge in [0.25, 0.3) is 0 Å². The van der Waals surface area contributed by atoms with Gasteiger partial charge in [-0.1, -0.05) is 27.4 Å². The molecule has 124 valence electrons. The van der Waals surface area contributed by atoms with Crippen LogP contribution in [0.1, 0.15) is 34.6 Å². The van der Waals surface area contributed by atoms with Gasteiger partial charge in [0.05, 0.1) is 6.10 Å². The second kappa shape index (κ2) is 6.96. The zero-order chi connectivity index (χ0) is 17.1. The lowest BCUT2D eigenvalue weighted by molar-refractivity contribution is -0.0627. The van der Waals surface area contributed by atoms with Gasteiger partial charge in [-0.05, 0) is 32.0 Å². The summed E-state index contributed by atoms with van der Waals surface area (Å²) >= 11 is 0. The zero-order valence-corrected chi connectivity index (χ0v) is 14.9. The van der Waals surface area contributed by atoms with Gasteiger partial charge in [-0.15, -0.1) is 0 Å². The van der Waals surface area contributed by atoms with Crippen molar-refractivity contribution in [2.45, 2.75) is 71.1 Å². The Morgan fingerprint density at radius 3 is 2.05 bits per heavy atom. The second-order valence-corrected chi connectivity index (χ2v) is 11.4. The number of rotatable bonds is 5. The van der Waals surface area contributed by atoms with E-state index < -0.39 is 26.4 Å². The summed E-state index contributed by atoms with van der Waals surface area (Å²) in [5.74, 6) is -1.05. The third kappa shape index (κ3) is 6.21. The molecule has 0 bridgehead atoms. The topological polar surface area (TPSA) is 33.6 Å². The fourth-order valence-electron chi connectivity index (χ4n) is 1.36. The van der Waals surface area contributed by atoms with Gasteiger partial charge in [0.1, 0.15) is 0 Å². The Balaban J connectivity index is 4.91. The first kappa shape index (κ1) is 20.2. The van der Waals surface area contributed by atoms with Crippen LogP contribution in [0, 0.1) is 0 Å². The molecule has 0 saturated heterocycles. The van der Waals surface area contributed by atoms with E-state index in [1.54, 1.807) is 13.8 Å². The summed E-state index contributed by atoms with van der Waals surface area (Å²) in [6.07, 6.45) is -4.01. The summed E-state index contributed by atoms with van der Waals surface area (Å²) in [6.45, 7) is 17.0. The maximum absolute atomic E-state index is 12.8. The van der Waals surface area contributed by atoms with Crippen molar-refractivity contribution in [3.8, 4) is 0 Å². The number of halogens is 3. The second-order valence-electron chi connectivity index (χ2n) is 6.67. The average Bonchev–Trinajstić information content (AvgIpc) is 2.24. The molecule has 0 amide bonds. The van der Waals surface area contributed by atoms with Crippen LogP contribution in [0.2, 0.25) is 18.1 Å². The first-order chi connectivity index (χ1) is 9.22. The molecule has 0 aliphatic carbocycles. The predicted molar refractivity (Wildman–Crippen MR) is 84.0 cm³/mol. The largest absolute Gasteiger partial charge is 0.449 e. The Bertz CT molecular complexity index is 387. The van der Waals surface area contributed by atoms with Gasteiger partial charge in [-0.25, -0.2) is 4.99 Å². The van der Waals surface area contributed by atoms with Gasteiger partial charge in [-0.3, -0.25) is 0 Å². The quantitative estimate of drug-likeness (QED) is 0.459. The van der Waals surface area contributed by atoms with Crippen molar-refractivity contribution in [3.05, 3.63) is 12.8 Å². The molecule has 3 nitrogen and oxygen atoms in total. The lowest BCUT2D eigenvalue weighted by atomic mass is 10.2. The molecule has 0 saturated carbocycles. The van der Waals surface area contributed by atoms with E-state index in [1.807, 2.05) is 0 Å². The Hall–Kier alpha value is -0.823. The van der Waals surface area contributed by atoms with E-state index in [9.17, 15) is 13.2 Å². The first-order valence-electron chi connectivity index (χ1n) is 6.92. The van der Waals surface area contributed by atoms with Crippen molar-refractivity contribution in [2.24, 2.45) is 4.99 Å². The van der Waals surface area contributed by atoms with Crippen LogP contribution in [0.3, 0.4) is 0 Å². The number of nitrogens with zero attached hydrogens (tertiary/aromatic N) is 1. The molecule has 0 radical (unpaired) electrons. The highest BCUT2D eigenvalue weighted by Gasteiger charge is 2.41. The standard InChI is InChI=1S/C14H27F3N2OSi/c1-9-18-12(14(15,16)17)19-10(2)11(3)20-21(7,8)13(4,5)6/h9-11H,1H2,2-8H3,(H,18,19). The van der Waals surface area contributed by atoms with E-state index in [0.29, 0.717) is 0 Å². The molecule has 0 aliphatic rings. The Morgan fingerprint density at radius 2 is 1.71 bits per heavy atom. The van der Waals surface area contributed by atoms with Crippen molar-refractivity contribution in [2.75, 3.05) is 0 Å². The lowest BCUT2D eigenvalue weighted by Gasteiger charge is -2.40. The van der Waals surface area contributed by atoms with Crippen molar-refractivity contribution >= 4 is 14.2 Å². The normalized spacial score (nSPS) is 17.3. The summed E-state index contributed by atoms with van der Waals surface area (Å²) in [7, 11) is -2.03. The monoisotopic (exact) mass is 324 g/mol. The molecule has 0 rings (SSSR count). The molecule has 21 heavy (non-hydrogen) atoms. The van der Waals surface area contributed by atoms with E-state index >= 15 is 0 Å². The summed E-state index contributed by atoms with van der Waals surface area (Å²) in [4.78, 5) is 3.26. The van der Waals surface area contributed by atoms with Crippen molar-refractivity contribution in [1.29, 1.82) is 0 Å². The van der Waals surface area contributed by atoms with Crippen LogP contribution >= 0.6 is 0 Å². The van der Waals surface area contributed by atoms with Crippen LogP contribution in [0.4, 0.5) is 13.2 Å². The van der Waals surface area contributed by atoms with Crippen LogP contribution in [0.5, 0.6) is 0 Å². The van der Waals surface area contributed by atoms with E-state index in [4.69, 9.17) is 4.43 Å². The first-order valence-corrected chi connectivity index (χ1v) is 9.83. The van der Waals surface area contributed by atoms with Crippen molar-refractivity contribution in [1.82, 2.24) is 5.32 Å².